The van der Waals surface area contributed by atoms with Crippen molar-refractivity contribution in [3.63, 3.8) is 0 Å². The third-order valence-electron chi connectivity index (χ3n) is 5.49. The Bertz CT molecular complexity index is 974. The van der Waals surface area contributed by atoms with Gasteiger partial charge in [-0.05, 0) is 24.7 Å². The molecule has 1 fully saturated rings. The minimum atomic E-state index is -0.558. The van der Waals surface area contributed by atoms with Crippen molar-refractivity contribution in [1.82, 2.24) is 14.4 Å². The quantitative estimate of drug-likeness (QED) is 0.632. The largest absolute Gasteiger partial charge is 0.338 e. The minimum absolute atomic E-state index is 0.0302. The smallest absolute Gasteiger partial charge is 0.250 e. The molecule has 1 amide bonds. The highest BCUT2D eigenvalue weighted by atomic mass is 16.2. The first kappa shape index (κ1) is 19.2. The van der Waals surface area contributed by atoms with Crippen LogP contribution in [-0.2, 0) is 4.79 Å². The van der Waals surface area contributed by atoms with Crippen LogP contribution in [0.4, 0.5) is 0 Å². The van der Waals surface area contributed by atoms with Crippen LogP contribution in [0.3, 0.4) is 0 Å². The van der Waals surface area contributed by atoms with Gasteiger partial charge in [-0.25, -0.2) is 0 Å². The van der Waals surface area contributed by atoms with Crippen LogP contribution in [0, 0.1) is 0 Å². The number of nitrogens with zero attached hydrogens (tertiary/aromatic N) is 3. The van der Waals surface area contributed by atoms with Crippen LogP contribution in [-0.4, -0.2) is 59.3 Å². The number of likely N-dealkylation sites (N-methyl/N-ethyl adjacent to an activating group) is 1. The lowest BCUT2D eigenvalue weighted by Gasteiger charge is -2.35. The molecule has 29 heavy (non-hydrogen) atoms. The topological polar surface area (TPSA) is 45.5 Å². The Labute approximate surface area is 171 Å². The van der Waals surface area contributed by atoms with Crippen LogP contribution >= 0.6 is 0 Å². The summed E-state index contributed by atoms with van der Waals surface area (Å²) in [6.45, 7) is 3.10. The molecule has 3 aromatic rings. The molecule has 0 N–H and O–H groups in total. The van der Waals surface area contributed by atoms with E-state index in [1.165, 1.54) is 0 Å². The van der Waals surface area contributed by atoms with Gasteiger partial charge in [0.15, 0.2) is 0 Å². The first-order valence-electron chi connectivity index (χ1n) is 9.94. The second kappa shape index (κ2) is 8.45. The summed E-state index contributed by atoms with van der Waals surface area (Å²) in [7, 11) is 2.07. The third-order valence-corrected chi connectivity index (χ3v) is 5.49. The SMILES string of the molecule is CN1CCN(C(=O)C(c2ccccc2)n2cccc2C(=O)c2ccccc2)CC1. The average molecular weight is 387 g/mol. The van der Waals surface area contributed by atoms with E-state index >= 15 is 0 Å². The van der Waals surface area contributed by atoms with Crippen molar-refractivity contribution in [3.8, 4) is 0 Å². The van der Waals surface area contributed by atoms with Gasteiger partial charge in [0.2, 0.25) is 11.7 Å². The molecular weight excluding hydrogens is 362 g/mol. The molecule has 0 saturated carbocycles. The van der Waals surface area contributed by atoms with Gasteiger partial charge < -0.3 is 14.4 Å². The van der Waals surface area contributed by atoms with Crippen molar-refractivity contribution in [2.24, 2.45) is 0 Å². The molecule has 1 atom stereocenters. The standard InChI is InChI=1S/C24H25N3O2/c1-25-15-17-26(18-16-25)24(29)22(19-9-4-2-5-10-19)27-14-8-13-21(27)23(28)20-11-6-3-7-12-20/h2-14,22H,15-18H2,1H3. The zero-order valence-corrected chi connectivity index (χ0v) is 16.6. The maximum Gasteiger partial charge on any atom is 0.250 e. The van der Waals surface area contributed by atoms with Gasteiger partial charge in [-0.3, -0.25) is 9.59 Å². The van der Waals surface area contributed by atoms with Gasteiger partial charge >= 0.3 is 0 Å². The van der Waals surface area contributed by atoms with E-state index in [9.17, 15) is 9.59 Å². The Morgan fingerprint density at radius 2 is 1.41 bits per heavy atom. The predicted molar refractivity (Wildman–Crippen MR) is 113 cm³/mol. The zero-order chi connectivity index (χ0) is 20.2. The molecule has 1 saturated heterocycles. The van der Waals surface area contributed by atoms with E-state index in [-0.39, 0.29) is 11.7 Å². The molecule has 0 spiro atoms. The Morgan fingerprint density at radius 1 is 0.793 bits per heavy atom. The number of benzene rings is 2. The maximum absolute atomic E-state index is 13.6. The van der Waals surface area contributed by atoms with Gasteiger partial charge in [0.1, 0.15) is 6.04 Å². The van der Waals surface area contributed by atoms with Gasteiger partial charge in [0.05, 0.1) is 5.69 Å². The van der Waals surface area contributed by atoms with Gasteiger partial charge in [-0.15, -0.1) is 0 Å². The molecule has 5 nitrogen and oxygen atoms in total. The summed E-state index contributed by atoms with van der Waals surface area (Å²) in [5.74, 6) is -0.0506. The summed E-state index contributed by atoms with van der Waals surface area (Å²) in [5.41, 5.74) is 2.02. The summed E-state index contributed by atoms with van der Waals surface area (Å²) in [4.78, 5) is 30.9. The van der Waals surface area contributed by atoms with Crippen molar-refractivity contribution in [2.75, 3.05) is 33.2 Å². The summed E-state index contributed by atoms with van der Waals surface area (Å²) >= 11 is 0. The number of amides is 1. The van der Waals surface area contributed by atoms with Gasteiger partial charge in [-0.1, -0.05) is 60.7 Å². The Hall–Kier alpha value is -3.18. The number of ketones is 1. The second-order valence-electron chi connectivity index (χ2n) is 7.44. The lowest BCUT2D eigenvalue weighted by atomic mass is 10.0. The highest BCUT2D eigenvalue weighted by molar-refractivity contribution is 6.08. The monoisotopic (exact) mass is 387 g/mol. The molecule has 0 bridgehead atoms. The minimum Gasteiger partial charge on any atom is -0.338 e. The van der Waals surface area contributed by atoms with Crippen LogP contribution < -0.4 is 0 Å². The number of piperazine rings is 1. The van der Waals surface area contributed by atoms with Crippen molar-refractivity contribution >= 4 is 11.7 Å². The molecule has 0 aliphatic carbocycles. The van der Waals surface area contributed by atoms with E-state index in [1.807, 2.05) is 70.3 Å². The van der Waals surface area contributed by atoms with Crippen LogP contribution in [0.25, 0.3) is 0 Å². The van der Waals surface area contributed by atoms with E-state index in [4.69, 9.17) is 0 Å². The Morgan fingerprint density at radius 3 is 2.07 bits per heavy atom. The van der Waals surface area contributed by atoms with Crippen molar-refractivity contribution < 1.29 is 9.59 Å². The van der Waals surface area contributed by atoms with E-state index in [0.717, 1.165) is 18.7 Å². The number of hydrogen-bond donors (Lipinski definition) is 0. The van der Waals surface area contributed by atoms with Gasteiger partial charge in [-0.2, -0.15) is 0 Å². The van der Waals surface area contributed by atoms with Crippen LogP contribution in [0.1, 0.15) is 27.7 Å². The van der Waals surface area contributed by atoms with Crippen molar-refractivity contribution in [1.29, 1.82) is 0 Å². The second-order valence-corrected chi connectivity index (χ2v) is 7.44. The zero-order valence-electron chi connectivity index (χ0n) is 16.6. The first-order chi connectivity index (χ1) is 14.1. The maximum atomic E-state index is 13.6. The molecule has 2 heterocycles. The molecule has 4 rings (SSSR count). The first-order valence-corrected chi connectivity index (χ1v) is 9.94. The van der Waals surface area contributed by atoms with Gasteiger partial charge in [0, 0.05) is 37.9 Å². The van der Waals surface area contributed by atoms with E-state index in [1.54, 1.807) is 18.2 Å². The number of carbonyl (C=O) groups is 2. The molecule has 2 aromatic carbocycles. The summed E-state index contributed by atoms with van der Waals surface area (Å²) in [5, 5.41) is 0. The van der Waals surface area contributed by atoms with E-state index in [2.05, 4.69) is 11.9 Å². The molecule has 1 aromatic heterocycles. The fourth-order valence-corrected chi connectivity index (χ4v) is 3.81. The summed E-state index contributed by atoms with van der Waals surface area (Å²) < 4.78 is 1.82. The van der Waals surface area contributed by atoms with Crippen LogP contribution in [0.5, 0.6) is 0 Å². The molecule has 1 aliphatic heterocycles. The van der Waals surface area contributed by atoms with Crippen LogP contribution in [0.2, 0.25) is 0 Å². The number of rotatable bonds is 5. The van der Waals surface area contributed by atoms with Crippen molar-refractivity contribution in [2.45, 2.75) is 6.04 Å². The Kier molecular flexibility index (Phi) is 5.58. The molecule has 1 aliphatic rings. The normalized spacial score (nSPS) is 15.8. The lowest BCUT2D eigenvalue weighted by molar-refractivity contribution is -0.135. The fourth-order valence-electron chi connectivity index (χ4n) is 3.81. The summed E-state index contributed by atoms with van der Waals surface area (Å²) in [6, 6.07) is 22.0. The molecule has 0 radical (unpaired) electrons. The third kappa shape index (κ3) is 4.00. The number of hydrogen-bond acceptors (Lipinski definition) is 3. The number of aromatic nitrogens is 1. The number of carbonyl (C=O) groups excluding carboxylic acids is 2. The summed E-state index contributed by atoms with van der Waals surface area (Å²) in [6.07, 6.45) is 1.84. The Balaban J connectivity index is 1.73. The van der Waals surface area contributed by atoms with Crippen LogP contribution in [0.15, 0.2) is 79.0 Å². The average Bonchev–Trinajstić information content (AvgIpc) is 3.24. The van der Waals surface area contributed by atoms with E-state index < -0.39 is 6.04 Å². The molecular formula is C24H25N3O2. The fraction of sp³-hybridized carbons (Fsp3) is 0.250. The molecule has 148 valence electrons. The lowest BCUT2D eigenvalue weighted by Crippen LogP contribution is -2.49. The highest BCUT2D eigenvalue weighted by Gasteiger charge is 2.31. The highest BCUT2D eigenvalue weighted by Crippen LogP contribution is 2.25. The predicted octanol–water partition coefficient (Wildman–Crippen LogP) is 3.08. The molecule has 5 heteroatoms. The van der Waals surface area contributed by atoms with E-state index in [0.29, 0.717) is 24.3 Å². The van der Waals surface area contributed by atoms with Crippen molar-refractivity contribution in [3.05, 3.63) is 95.8 Å². The van der Waals surface area contributed by atoms with Gasteiger partial charge in [0.25, 0.3) is 0 Å². The molecule has 1 unspecified atom stereocenters.